The van der Waals surface area contributed by atoms with E-state index in [9.17, 15) is 4.79 Å². The predicted molar refractivity (Wildman–Crippen MR) is 89.0 cm³/mol. The second-order valence-electron chi connectivity index (χ2n) is 6.36. The third-order valence-electron chi connectivity index (χ3n) is 5.02. The van der Waals surface area contributed by atoms with Gasteiger partial charge in [-0.3, -0.25) is 4.79 Å². The SMILES string of the molecule is COc1cccc2c(CC(=O)N3CCC4(CC3)OCCO4)c[nH]c12. The minimum atomic E-state index is -0.440. The average molecular weight is 330 g/mol. The fourth-order valence-electron chi connectivity index (χ4n) is 3.66. The number of H-pyrrole nitrogens is 1. The zero-order valence-corrected chi connectivity index (χ0v) is 13.8. The molecular weight excluding hydrogens is 308 g/mol. The number of carbonyl (C=O) groups excluding carboxylic acids is 1. The van der Waals surface area contributed by atoms with Gasteiger partial charge >= 0.3 is 0 Å². The molecule has 2 aliphatic heterocycles. The van der Waals surface area contributed by atoms with Crippen LogP contribution in [0.5, 0.6) is 5.75 Å². The smallest absolute Gasteiger partial charge is 0.227 e. The van der Waals surface area contributed by atoms with Crippen molar-refractivity contribution >= 4 is 16.8 Å². The number of amides is 1. The van der Waals surface area contributed by atoms with E-state index in [2.05, 4.69) is 4.98 Å². The molecule has 2 aromatic rings. The molecule has 1 amide bonds. The number of nitrogens with one attached hydrogen (secondary N) is 1. The second-order valence-corrected chi connectivity index (χ2v) is 6.36. The van der Waals surface area contributed by atoms with Gasteiger partial charge in [0, 0.05) is 37.5 Å². The van der Waals surface area contributed by atoms with Gasteiger partial charge in [-0.2, -0.15) is 0 Å². The first-order valence-corrected chi connectivity index (χ1v) is 8.39. The number of aromatic amines is 1. The van der Waals surface area contributed by atoms with Crippen molar-refractivity contribution in [2.24, 2.45) is 0 Å². The molecular formula is C18H22N2O4. The Morgan fingerprint density at radius 3 is 2.75 bits per heavy atom. The largest absolute Gasteiger partial charge is 0.495 e. The van der Waals surface area contributed by atoms with Crippen molar-refractivity contribution < 1.29 is 19.0 Å². The summed E-state index contributed by atoms with van der Waals surface area (Å²) in [4.78, 5) is 17.8. The first kappa shape index (κ1) is 15.5. The molecule has 2 aliphatic rings. The monoisotopic (exact) mass is 330 g/mol. The van der Waals surface area contributed by atoms with Gasteiger partial charge in [0.05, 0.1) is 32.3 Å². The number of carbonyl (C=O) groups is 1. The average Bonchev–Trinajstić information content (AvgIpc) is 3.23. The molecule has 0 radical (unpaired) electrons. The summed E-state index contributed by atoms with van der Waals surface area (Å²) in [5.74, 6) is 0.499. The third kappa shape index (κ3) is 2.65. The summed E-state index contributed by atoms with van der Waals surface area (Å²) in [7, 11) is 1.65. The number of hydrogen-bond donors (Lipinski definition) is 1. The normalized spacial score (nSPS) is 20.0. The summed E-state index contributed by atoms with van der Waals surface area (Å²) < 4.78 is 16.8. The van der Waals surface area contributed by atoms with E-state index in [1.165, 1.54) is 0 Å². The lowest BCUT2D eigenvalue weighted by atomic mass is 10.0. The maximum atomic E-state index is 12.7. The van der Waals surface area contributed by atoms with E-state index in [-0.39, 0.29) is 5.91 Å². The molecule has 2 saturated heterocycles. The first-order chi connectivity index (χ1) is 11.7. The van der Waals surface area contributed by atoms with Gasteiger partial charge in [0.15, 0.2) is 5.79 Å². The molecule has 128 valence electrons. The maximum absolute atomic E-state index is 12.7. The lowest BCUT2D eigenvalue weighted by molar-refractivity contribution is -0.187. The van der Waals surface area contributed by atoms with Crippen LogP contribution in [0.2, 0.25) is 0 Å². The van der Waals surface area contributed by atoms with Gasteiger partial charge in [-0.15, -0.1) is 0 Å². The molecule has 2 fully saturated rings. The zero-order valence-electron chi connectivity index (χ0n) is 13.8. The molecule has 1 aromatic heterocycles. The molecule has 0 bridgehead atoms. The highest BCUT2D eigenvalue weighted by atomic mass is 16.7. The summed E-state index contributed by atoms with van der Waals surface area (Å²) in [6.07, 6.45) is 3.79. The molecule has 1 spiro atoms. The van der Waals surface area contributed by atoms with Crippen LogP contribution in [0.15, 0.2) is 24.4 Å². The number of benzene rings is 1. The Morgan fingerprint density at radius 2 is 2.04 bits per heavy atom. The fraction of sp³-hybridized carbons (Fsp3) is 0.500. The molecule has 4 rings (SSSR count). The van der Waals surface area contributed by atoms with Crippen LogP contribution < -0.4 is 4.74 Å². The summed E-state index contributed by atoms with van der Waals surface area (Å²) in [5, 5.41) is 1.04. The van der Waals surface area contributed by atoms with Crippen molar-refractivity contribution in [2.45, 2.75) is 25.0 Å². The Morgan fingerprint density at radius 1 is 1.29 bits per heavy atom. The number of likely N-dealkylation sites (tertiary alicyclic amines) is 1. The van der Waals surface area contributed by atoms with E-state index < -0.39 is 5.79 Å². The lowest BCUT2D eigenvalue weighted by Crippen LogP contribution is -2.47. The number of nitrogens with zero attached hydrogens (tertiary/aromatic N) is 1. The zero-order chi connectivity index (χ0) is 16.6. The molecule has 1 aromatic carbocycles. The van der Waals surface area contributed by atoms with Gasteiger partial charge in [-0.05, 0) is 11.6 Å². The van der Waals surface area contributed by atoms with Crippen LogP contribution in [0.25, 0.3) is 10.9 Å². The molecule has 3 heterocycles. The number of piperidine rings is 1. The van der Waals surface area contributed by atoms with E-state index in [1.807, 2.05) is 29.3 Å². The van der Waals surface area contributed by atoms with E-state index in [0.29, 0.717) is 32.7 Å². The highest BCUT2D eigenvalue weighted by Crippen LogP contribution is 2.32. The summed E-state index contributed by atoms with van der Waals surface area (Å²) in [6, 6.07) is 5.88. The van der Waals surface area contributed by atoms with Crippen LogP contribution in [0.3, 0.4) is 0 Å². The van der Waals surface area contributed by atoms with Gasteiger partial charge in [0.1, 0.15) is 5.75 Å². The molecule has 0 unspecified atom stereocenters. The third-order valence-corrected chi connectivity index (χ3v) is 5.02. The van der Waals surface area contributed by atoms with Gasteiger partial charge in [0.25, 0.3) is 0 Å². The molecule has 6 nitrogen and oxygen atoms in total. The number of para-hydroxylation sites is 1. The first-order valence-electron chi connectivity index (χ1n) is 8.39. The summed E-state index contributed by atoms with van der Waals surface area (Å²) in [6.45, 7) is 2.69. The Hall–Kier alpha value is -2.05. The van der Waals surface area contributed by atoms with Gasteiger partial charge < -0.3 is 24.1 Å². The van der Waals surface area contributed by atoms with E-state index in [0.717, 1.165) is 35.1 Å². The predicted octanol–water partition coefficient (Wildman–Crippen LogP) is 2.08. The Bertz CT molecular complexity index is 739. The quantitative estimate of drug-likeness (QED) is 0.936. The van der Waals surface area contributed by atoms with Crippen LogP contribution >= 0.6 is 0 Å². The molecule has 0 atom stereocenters. The van der Waals surface area contributed by atoms with E-state index >= 15 is 0 Å². The summed E-state index contributed by atoms with van der Waals surface area (Å²) >= 11 is 0. The lowest BCUT2D eigenvalue weighted by Gasteiger charge is -2.37. The van der Waals surface area contributed by atoms with E-state index in [4.69, 9.17) is 14.2 Å². The molecule has 0 saturated carbocycles. The van der Waals surface area contributed by atoms with Gasteiger partial charge in [0.2, 0.25) is 5.91 Å². The summed E-state index contributed by atoms with van der Waals surface area (Å²) in [5.41, 5.74) is 1.94. The van der Waals surface area contributed by atoms with Gasteiger partial charge in [-0.1, -0.05) is 12.1 Å². The number of rotatable bonds is 3. The van der Waals surface area contributed by atoms with Crippen LogP contribution in [0.4, 0.5) is 0 Å². The number of ether oxygens (including phenoxy) is 3. The molecule has 24 heavy (non-hydrogen) atoms. The number of fused-ring (bicyclic) bond motifs is 1. The minimum absolute atomic E-state index is 0.145. The number of hydrogen-bond acceptors (Lipinski definition) is 4. The molecule has 0 aliphatic carbocycles. The molecule has 1 N–H and O–H groups in total. The molecule has 6 heteroatoms. The Kier molecular flexibility index (Phi) is 3.94. The van der Waals surface area contributed by atoms with Crippen LogP contribution in [-0.4, -0.2) is 55.0 Å². The fourth-order valence-corrected chi connectivity index (χ4v) is 3.66. The topological polar surface area (TPSA) is 63.8 Å². The van der Waals surface area contributed by atoms with Gasteiger partial charge in [-0.25, -0.2) is 0 Å². The van der Waals surface area contributed by atoms with Crippen molar-refractivity contribution in [3.63, 3.8) is 0 Å². The Balaban J connectivity index is 1.45. The number of methoxy groups -OCH3 is 1. The maximum Gasteiger partial charge on any atom is 0.227 e. The minimum Gasteiger partial charge on any atom is -0.495 e. The standard InChI is InChI=1S/C18H22N2O4/c1-22-15-4-2-3-14-13(12-19-17(14)15)11-16(21)20-7-5-18(6-8-20)23-9-10-24-18/h2-4,12,19H,5-11H2,1H3. The van der Waals surface area contributed by atoms with Crippen molar-refractivity contribution in [1.82, 2.24) is 9.88 Å². The Labute approximate surface area is 140 Å². The van der Waals surface area contributed by atoms with Crippen molar-refractivity contribution in [3.05, 3.63) is 30.0 Å². The highest BCUT2D eigenvalue weighted by Gasteiger charge is 2.40. The van der Waals surface area contributed by atoms with E-state index in [1.54, 1.807) is 7.11 Å². The van der Waals surface area contributed by atoms with Crippen molar-refractivity contribution in [2.75, 3.05) is 33.4 Å². The van der Waals surface area contributed by atoms with Crippen molar-refractivity contribution in [1.29, 1.82) is 0 Å². The highest BCUT2D eigenvalue weighted by molar-refractivity contribution is 5.92. The van der Waals surface area contributed by atoms with Crippen LogP contribution in [0, 0.1) is 0 Å². The second kappa shape index (κ2) is 6.11. The van der Waals surface area contributed by atoms with Crippen LogP contribution in [-0.2, 0) is 20.7 Å². The number of aromatic nitrogens is 1. The van der Waals surface area contributed by atoms with Crippen LogP contribution in [0.1, 0.15) is 18.4 Å². The van der Waals surface area contributed by atoms with Crippen molar-refractivity contribution in [3.8, 4) is 5.75 Å².